The van der Waals surface area contributed by atoms with Gasteiger partial charge in [-0.2, -0.15) is 0 Å². The predicted molar refractivity (Wildman–Crippen MR) is 472 cm³/mol. The first-order valence-corrected chi connectivity index (χ1v) is 45.2. The van der Waals surface area contributed by atoms with Crippen LogP contribution in [-0.2, 0) is 73.9 Å². The van der Waals surface area contributed by atoms with Crippen LogP contribution in [-0.4, -0.2) is 234 Å². The number of carbonyl (C=O) groups excluding carboxylic acids is 9. The maximum absolute atomic E-state index is 16.5. The van der Waals surface area contributed by atoms with Crippen LogP contribution < -0.4 is 53.3 Å². The number of halogens is 3. The van der Waals surface area contributed by atoms with E-state index in [1.807, 2.05) is 19.1 Å². The number of hydrogen-bond donors (Lipinski definition) is 10. The number of piperazine rings is 1. The zero-order valence-electron chi connectivity index (χ0n) is 74.0. The molecular formula is C93H123Cl2FN10O22. The van der Waals surface area contributed by atoms with Gasteiger partial charge in [0.15, 0.2) is 11.5 Å². The number of urea groups is 1. The highest BCUT2D eigenvalue weighted by Gasteiger charge is 2.74. The number of aliphatic hydroxyl groups is 2. The molecular weight excluding hydrogens is 1700 g/mol. The number of hydrogen-bond acceptors (Lipinski definition) is 23. The van der Waals surface area contributed by atoms with Crippen molar-refractivity contribution >= 4 is 88.1 Å². The molecule has 35 heteroatoms. The van der Waals surface area contributed by atoms with Gasteiger partial charge in [0, 0.05) is 103 Å². The minimum atomic E-state index is -1.37. The van der Waals surface area contributed by atoms with Gasteiger partial charge in [0.1, 0.15) is 42.5 Å². The molecule has 6 fully saturated rings. The van der Waals surface area contributed by atoms with Crippen molar-refractivity contribution in [2.45, 2.75) is 192 Å². The molecule has 12 rings (SSSR count). The standard InChI is InChI=1S/C93H123Cl2FN10O22/c1-55(2)78(104-73(107)27-36-119-38-40-121-42-44-123-46-47-124-45-43-122-41-39-120-37-31-98-82(111)57-13-23-69-71(48-57)127-64-50-65(77(96)68(95)51-64)75-79(85(114)101-69)103-72(52-89(3,4)5)91(75,7)59-15-18-61(94)19-16-59)84(113)102-70(10-9-30-99-86(97)115)83(112)100-62-20-11-56(12-21-62)53-126-87(116)105-32-34-106(35-33-105)88(117)128-63-25-28-90(6)60(49-63)17-22-67-76(90)80(109)81(110)92(8)66(26-29-93(67,92)118)58-14-24-74(108)125-54-58/h11-16,18-21,23-24,48,50-51,54-55,60,63,66-67,70,72,75-76,78-80,103,109,118H,9-10,17,22,25-47,49,52-53H2,1-8H3,(H,98,111)(H,100,112)(H,101,114)(H,102,113)(H,104,107)(H3,97,99,115)/t60-,63+,66?,67-,70+,72+,75+,76-,78-,79-,80+,90+,91+,92+,93+/m1/s1. The third kappa shape index (κ3) is 23.3. The van der Waals surface area contributed by atoms with Gasteiger partial charge in [-0.3, -0.25) is 28.8 Å². The number of carbonyl (C=O) groups is 9. The number of nitrogens with two attached hydrogens (primary N) is 1. The third-order valence-corrected chi connectivity index (χ3v) is 27.4. The molecule has 4 saturated carbocycles. The number of rotatable bonds is 38. The molecule has 1 aromatic heterocycles. The van der Waals surface area contributed by atoms with Crippen LogP contribution in [0.1, 0.15) is 170 Å². The van der Waals surface area contributed by atoms with E-state index >= 15 is 4.39 Å². The molecule has 0 radical (unpaired) electrons. The molecule has 2 bridgehead atoms. The molecule has 9 amide bonds. The highest BCUT2D eigenvalue weighted by Crippen LogP contribution is 2.70. The van der Waals surface area contributed by atoms with Gasteiger partial charge in [0.25, 0.3) is 5.91 Å². The van der Waals surface area contributed by atoms with Gasteiger partial charge in [-0.15, -0.1) is 0 Å². The Balaban J connectivity index is 0.478. The lowest BCUT2D eigenvalue weighted by Gasteiger charge is -2.64. The van der Waals surface area contributed by atoms with E-state index in [4.69, 9.17) is 76.0 Å². The molecule has 2 saturated heterocycles. The minimum absolute atomic E-state index is 0.0275. The van der Waals surface area contributed by atoms with Crippen molar-refractivity contribution in [3.8, 4) is 11.5 Å². The summed E-state index contributed by atoms with van der Waals surface area (Å²) in [6.45, 7) is 19.9. The van der Waals surface area contributed by atoms with Crippen LogP contribution in [0.25, 0.3) is 0 Å². The van der Waals surface area contributed by atoms with E-state index in [2.05, 4.69) is 64.9 Å². The fourth-order valence-corrected chi connectivity index (χ4v) is 20.4. The van der Waals surface area contributed by atoms with E-state index in [-0.39, 0.29) is 167 Å². The third-order valence-electron chi connectivity index (χ3n) is 26.9. The van der Waals surface area contributed by atoms with E-state index in [1.165, 1.54) is 29.4 Å². The normalized spacial score (nSPS) is 25.8. The number of primary amides is 1. The summed E-state index contributed by atoms with van der Waals surface area (Å²) in [6.07, 6.45) is 3.41. The molecule has 4 heterocycles. The number of anilines is 2. The summed E-state index contributed by atoms with van der Waals surface area (Å²) in [5.41, 5.74) is 3.94. The minimum Gasteiger partial charge on any atom is -0.455 e. The summed E-state index contributed by atoms with van der Waals surface area (Å²) in [6, 6.07) is 20.5. The number of Topliss-reactive ketones (excluding diaryl/α,β-unsaturated/α-hetero) is 1. The highest BCUT2D eigenvalue weighted by atomic mass is 35.5. The van der Waals surface area contributed by atoms with E-state index in [9.17, 15) is 58.2 Å². The van der Waals surface area contributed by atoms with E-state index < -0.39 is 129 Å². The summed E-state index contributed by atoms with van der Waals surface area (Å²) < 4.78 is 73.5. The Morgan fingerprint density at radius 1 is 0.719 bits per heavy atom. The maximum atomic E-state index is 16.5. The van der Waals surface area contributed by atoms with Crippen molar-refractivity contribution in [3.63, 3.8) is 0 Å². The number of ether oxygens (including phenoxy) is 9. The fourth-order valence-electron chi connectivity index (χ4n) is 20.1. The van der Waals surface area contributed by atoms with Gasteiger partial charge < -0.3 is 110 Å². The molecule has 128 heavy (non-hydrogen) atoms. The van der Waals surface area contributed by atoms with Crippen LogP contribution in [0.3, 0.4) is 0 Å². The van der Waals surface area contributed by atoms with Crippen molar-refractivity contribution in [2.24, 2.45) is 45.7 Å². The molecule has 7 aliphatic rings. The Labute approximate surface area is 754 Å². The van der Waals surface area contributed by atoms with Crippen LogP contribution >= 0.6 is 23.2 Å². The first-order valence-electron chi connectivity index (χ1n) is 44.4. The summed E-state index contributed by atoms with van der Waals surface area (Å²) >= 11 is 13.0. The Kier molecular flexibility index (Phi) is 33.2. The predicted octanol–water partition coefficient (Wildman–Crippen LogP) is 10.4. The molecule has 5 aromatic rings. The van der Waals surface area contributed by atoms with E-state index in [1.54, 1.807) is 86.3 Å². The van der Waals surface area contributed by atoms with Crippen LogP contribution in [0, 0.1) is 45.7 Å². The van der Waals surface area contributed by atoms with Crippen molar-refractivity contribution in [2.75, 3.05) is 129 Å². The number of amides is 9. The molecule has 32 nitrogen and oxygen atoms in total. The largest absolute Gasteiger partial charge is 0.455 e. The number of nitrogens with zero attached hydrogens (tertiary/aromatic N) is 2. The van der Waals surface area contributed by atoms with E-state index in [0.29, 0.717) is 112 Å². The van der Waals surface area contributed by atoms with Gasteiger partial charge in [-0.25, -0.2) is 23.6 Å². The van der Waals surface area contributed by atoms with Crippen molar-refractivity contribution in [3.05, 3.63) is 151 Å². The maximum Gasteiger partial charge on any atom is 0.410 e. The van der Waals surface area contributed by atoms with Crippen molar-refractivity contribution in [1.29, 1.82) is 0 Å². The summed E-state index contributed by atoms with van der Waals surface area (Å²) in [4.78, 5) is 137. The molecule has 4 aromatic carbocycles. The van der Waals surface area contributed by atoms with Crippen LogP contribution in [0.15, 0.2) is 106 Å². The van der Waals surface area contributed by atoms with Gasteiger partial charge in [-0.1, -0.05) is 95.9 Å². The average Bonchev–Trinajstić information content (AvgIpc) is 1.46. The topological polar surface area (TPSA) is 424 Å². The van der Waals surface area contributed by atoms with E-state index in [0.717, 1.165) is 12.0 Å². The highest BCUT2D eigenvalue weighted by molar-refractivity contribution is 6.31. The lowest BCUT2D eigenvalue weighted by molar-refractivity contribution is -0.228. The summed E-state index contributed by atoms with van der Waals surface area (Å²) in [7, 11) is 0. The lowest BCUT2D eigenvalue weighted by Crippen LogP contribution is -2.70. The Bertz CT molecular complexity index is 4770. The fraction of sp³-hybridized carbons (Fsp3) is 0.591. The number of benzene rings is 4. The number of fused-ring (bicyclic) bond motifs is 10. The van der Waals surface area contributed by atoms with Crippen molar-refractivity contribution < 1.29 is 105 Å². The van der Waals surface area contributed by atoms with Gasteiger partial charge in [-0.05, 0) is 177 Å². The van der Waals surface area contributed by atoms with Gasteiger partial charge in [0.05, 0.1) is 113 Å². The lowest BCUT2D eigenvalue weighted by atomic mass is 9.42. The average molecular weight is 1820 g/mol. The van der Waals surface area contributed by atoms with Crippen LogP contribution in [0.4, 0.5) is 30.1 Å². The van der Waals surface area contributed by atoms with Crippen molar-refractivity contribution in [1.82, 2.24) is 36.4 Å². The first kappa shape index (κ1) is 97.7. The monoisotopic (exact) mass is 1820 g/mol. The first-order chi connectivity index (χ1) is 61.1. The van der Waals surface area contributed by atoms with Gasteiger partial charge >= 0.3 is 23.8 Å². The van der Waals surface area contributed by atoms with Gasteiger partial charge in [0.2, 0.25) is 23.6 Å². The number of ketones is 1. The second kappa shape index (κ2) is 43.6. The molecule has 4 aliphatic carbocycles. The summed E-state index contributed by atoms with van der Waals surface area (Å²) in [5, 5.41) is 45.3. The second-order valence-electron chi connectivity index (χ2n) is 36.6. The van der Waals surface area contributed by atoms with Crippen LogP contribution in [0.5, 0.6) is 11.5 Å². The zero-order chi connectivity index (χ0) is 91.8. The Hall–Kier alpha value is -9.39. The summed E-state index contributed by atoms with van der Waals surface area (Å²) in [5.74, 6) is -5.43. The zero-order valence-corrected chi connectivity index (χ0v) is 75.6. The molecule has 698 valence electrons. The van der Waals surface area contributed by atoms with Crippen LogP contribution in [0.2, 0.25) is 10.0 Å². The number of aliphatic hydroxyl groups excluding tert-OH is 1. The number of nitrogens with one attached hydrogen (secondary N) is 7. The molecule has 3 aliphatic heterocycles. The molecule has 11 N–H and O–H groups in total. The molecule has 0 spiro atoms. The molecule has 1 unspecified atom stereocenters. The Morgan fingerprint density at radius 3 is 1.98 bits per heavy atom. The quantitative estimate of drug-likeness (QED) is 0.0164. The molecule has 15 atom stereocenters. The Morgan fingerprint density at radius 2 is 1.36 bits per heavy atom. The smallest absolute Gasteiger partial charge is 0.410 e. The second-order valence-corrected chi connectivity index (χ2v) is 37.5. The SMILES string of the molecule is CC(C)[C@@H](NC(=O)CCOCCOCCOCCOCCOCCOCCNC(=O)c1ccc2c(c1)Oc1cc(Cl)c(F)c(c1)[C@H]1[C@@H](N[C@@H](CC(C)(C)C)[C@]1(C)c1ccc(Cl)cc1)C(=O)N2)C(=O)N[C@@H](CCCNC(N)=O)C(=O)Nc1ccc(COC(=O)N2CCN(C(=O)O[C@H]3CC[C@@]4(C)[C@H](CC[C@@H]5[C@@H]4[C@H](O)C(=O)[C@]4(C)C(c6ccc(=O)oc6)CC[C@]54O)C3)CC2)cc1.